The lowest BCUT2D eigenvalue weighted by Crippen LogP contribution is -2.52. The summed E-state index contributed by atoms with van der Waals surface area (Å²) in [5.41, 5.74) is 1.61. The van der Waals surface area contributed by atoms with Gasteiger partial charge >= 0.3 is 6.18 Å². The van der Waals surface area contributed by atoms with Crippen molar-refractivity contribution in [1.82, 2.24) is 9.88 Å². The molecule has 5 nitrogen and oxygen atoms in total. The van der Waals surface area contributed by atoms with E-state index in [0.29, 0.717) is 32.1 Å². The van der Waals surface area contributed by atoms with E-state index in [1.165, 1.54) is 11.6 Å². The molecule has 0 N–H and O–H groups in total. The fourth-order valence-corrected chi connectivity index (χ4v) is 3.64. The zero-order valence-corrected chi connectivity index (χ0v) is 15.2. The summed E-state index contributed by atoms with van der Waals surface area (Å²) in [4.78, 5) is 20.4. The molecule has 0 spiro atoms. The SMILES string of the molecule is O=C(C1CN(c2ccc(C(F)(F)F)cn2)CCO1)N1CCc2ccccc2C1. The van der Waals surface area contributed by atoms with Gasteiger partial charge in [-0.05, 0) is 29.7 Å². The molecular formula is C20H20F3N3O2. The van der Waals surface area contributed by atoms with Crippen LogP contribution >= 0.6 is 0 Å². The Morgan fingerprint density at radius 2 is 1.89 bits per heavy atom. The second-order valence-corrected chi connectivity index (χ2v) is 6.99. The number of halogens is 3. The highest BCUT2D eigenvalue weighted by Gasteiger charge is 2.33. The summed E-state index contributed by atoms with van der Waals surface area (Å²) < 4.78 is 43.8. The van der Waals surface area contributed by atoms with Crippen molar-refractivity contribution in [3.63, 3.8) is 0 Å². The monoisotopic (exact) mass is 391 g/mol. The molecule has 8 heteroatoms. The molecule has 148 valence electrons. The summed E-state index contributed by atoms with van der Waals surface area (Å²) in [6, 6.07) is 10.4. The molecule has 0 radical (unpaired) electrons. The lowest BCUT2D eigenvalue weighted by atomic mass is 9.99. The van der Waals surface area contributed by atoms with Gasteiger partial charge in [0.05, 0.1) is 18.7 Å². The third kappa shape index (κ3) is 3.82. The van der Waals surface area contributed by atoms with Crippen LogP contribution in [0.1, 0.15) is 16.7 Å². The second kappa shape index (κ2) is 7.43. The van der Waals surface area contributed by atoms with Gasteiger partial charge in [0.25, 0.3) is 5.91 Å². The van der Waals surface area contributed by atoms with Crippen LogP contribution in [0.5, 0.6) is 0 Å². The van der Waals surface area contributed by atoms with Crippen LogP contribution in [0, 0.1) is 0 Å². The van der Waals surface area contributed by atoms with E-state index in [1.807, 2.05) is 18.2 Å². The second-order valence-electron chi connectivity index (χ2n) is 6.99. The van der Waals surface area contributed by atoms with Crippen LogP contribution in [0.15, 0.2) is 42.6 Å². The molecule has 2 aromatic rings. The highest BCUT2D eigenvalue weighted by molar-refractivity contribution is 5.82. The number of ether oxygens (including phenoxy) is 1. The quantitative estimate of drug-likeness (QED) is 0.790. The number of anilines is 1. The maximum absolute atomic E-state index is 12.9. The number of benzene rings is 1. The molecule has 1 aromatic carbocycles. The first-order valence-electron chi connectivity index (χ1n) is 9.17. The van der Waals surface area contributed by atoms with Gasteiger partial charge in [-0.15, -0.1) is 0 Å². The minimum atomic E-state index is -4.42. The minimum Gasteiger partial charge on any atom is -0.365 e. The van der Waals surface area contributed by atoms with Gasteiger partial charge in [-0.1, -0.05) is 24.3 Å². The molecule has 0 saturated carbocycles. The molecule has 0 bridgehead atoms. The zero-order chi connectivity index (χ0) is 19.7. The van der Waals surface area contributed by atoms with E-state index >= 15 is 0 Å². The van der Waals surface area contributed by atoms with Crippen molar-refractivity contribution in [2.45, 2.75) is 25.2 Å². The van der Waals surface area contributed by atoms with Crippen LogP contribution in [-0.4, -0.2) is 48.1 Å². The average Bonchev–Trinajstić information content (AvgIpc) is 2.72. The lowest BCUT2D eigenvalue weighted by molar-refractivity contribution is -0.145. The number of rotatable bonds is 2. The molecule has 4 rings (SSSR count). The number of amides is 1. The molecule has 1 atom stereocenters. The van der Waals surface area contributed by atoms with Crippen LogP contribution in [0.4, 0.5) is 19.0 Å². The Labute approximate surface area is 160 Å². The number of alkyl halides is 3. The molecule has 2 aliphatic rings. The number of morpholine rings is 1. The fraction of sp³-hybridized carbons (Fsp3) is 0.400. The topological polar surface area (TPSA) is 45.7 Å². The van der Waals surface area contributed by atoms with Gasteiger partial charge in [-0.25, -0.2) is 4.98 Å². The van der Waals surface area contributed by atoms with Crippen LogP contribution in [0.2, 0.25) is 0 Å². The molecule has 2 aliphatic heterocycles. The van der Waals surface area contributed by atoms with E-state index < -0.39 is 17.8 Å². The van der Waals surface area contributed by atoms with E-state index in [9.17, 15) is 18.0 Å². The van der Waals surface area contributed by atoms with Gasteiger partial charge in [0, 0.05) is 25.8 Å². The molecule has 28 heavy (non-hydrogen) atoms. The summed E-state index contributed by atoms with van der Waals surface area (Å²) in [5.74, 6) is 0.323. The average molecular weight is 391 g/mol. The van der Waals surface area contributed by atoms with Crippen molar-refractivity contribution >= 4 is 11.7 Å². The molecule has 1 fully saturated rings. The van der Waals surface area contributed by atoms with Crippen LogP contribution in [0.25, 0.3) is 0 Å². The standard InChI is InChI=1S/C20H20F3N3O2/c21-20(22,23)16-5-6-18(24-11-16)25-9-10-28-17(13-25)19(27)26-8-7-14-3-1-2-4-15(14)12-26/h1-6,11,17H,7-10,12-13H2. The first kappa shape index (κ1) is 18.7. The number of nitrogens with zero attached hydrogens (tertiary/aromatic N) is 3. The van der Waals surface area contributed by atoms with E-state index in [0.717, 1.165) is 24.2 Å². The number of carbonyl (C=O) groups is 1. The van der Waals surface area contributed by atoms with E-state index in [2.05, 4.69) is 11.1 Å². The van der Waals surface area contributed by atoms with Crippen molar-refractivity contribution in [2.75, 3.05) is 31.1 Å². The molecule has 1 unspecified atom stereocenters. The van der Waals surface area contributed by atoms with Crippen LogP contribution in [0.3, 0.4) is 0 Å². The molecule has 1 saturated heterocycles. The van der Waals surface area contributed by atoms with Gasteiger partial charge in [0.1, 0.15) is 5.82 Å². The summed E-state index contributed by atoms with van der Waals surface area (Å²) >= 11 is 0. The predicted octanol–water partition coefficient (Wildman–Crippen LogP) is 2.89. The van der Waals surface area contributed by atoms with Crippen molar-refractivity contribution in [1.29, 1.82) is 0 Å². The number of carbonyl (C=O) groups excluding carboxylic acids is 1. The Kier molecular flexibility index (Phi) is 4.97. The Morgan fingerprint density at radius 1 is 1.11 bits per heavy atom. The number of pyridine rings is 1. The number of hydrogen-bond acceptors (Lipinski definition) is 4. The van der Waals surface area contributed by atoms with Crippen molar-refractivity contribution in [2.24, 2.45) is 0 Å². The molecule has 0 aliphatic carbocycles. The van der Waals surface area contributed by atoms with E-state index in [-0.39, 0.29) is 12.5 Å². The summed E-state index contributed by atoms with van der Waals surface area (Å²) in [7, 11) is 0. The van der Waals surface area contributed by atoms with Crippen molar-refractivity contribution in [3.8, 4) is 0 Å². The minimum absolute atomic E-state index is 0.0916. The van der Waals surface area contributed by atoms with Gasteiger partial charge in [0.2, 0.25) is 0 Å². The molecule has 1 aromatic heterocycles. The van der Waals surface area contributed by atoms with Crippen molar-refractivity contribution < 1.29 is 22.7 Å². The van der Waals surface area contributed by atoms with Crippen LogP contribution < -0.4 is 4.90 Å². The molecule has 1 amide bonds. The summed E-state index contributed by atoms with van der Waals surface area (Å²) in [6.45, 7) is 2.26. The Hall–Kier alpha value is -2.61. The first-order valence-corrected chi connectivity index (χ1v) is 9.17. The summed E-state index contributed by atoms with van der Waals surface area (Å²) in [6.07, 6.45) is -3.44. The normalized spacial score (nSPS) is 20.0. The predicted molar refractivity (Wildman–Crippen MR) is 96.8 cm³/mol. The third-order valence-corrected chi connectivity index (χ3v) is 5.18. The molecule has 3 heterocycles. The van der Waals surface area contributed by atoms with E-state index in [1.54, 1.807) is 9.80 Å². The molecular weight excluding hydrogens is 371 g/mol. The maximum Gasteiger partial charge on any atom is 0.417 e. The summed E-state index contributed by atoms with van der Waals surface area (Å²) in [5, 5.41) is 0. The Bertz CT molecular complexity index is 855. The van der Waals surface area contributed by atoms with Crippen LogP contribution in [-0.2, 0) is 28.7 Å². The number of aromatic nitrogens is 1. The third-order valence-electron chi connectivity index (χ3n) is 5.18. The maximum atomic E-state index is 12.9. The first-order chi connectivity index (χ1) is 13.4. The van der Waals surface area contributed by atoms with Gasteiger partial charge in [0.15, 0.2) is 6.10 Å². The lowest BCUT2D eigenvalue weighted by Gasteiger charge is -2.37. The number of hydrogen-bond donors (Lipinski definition) is 0. The fourth-order valence-electron chi connectivity index (χ4n) is 3.64. The van der Waals surface area contributed by atoms with E-state index in [4.69, 9.17) is 4.74 Å². The zero-order valence-electron chi connectivity index (χ0n) is 15.2. The number of fused-ring (bicyclic) bond motifs is 1. The smallest absolute Gasteiger partial charge is 0.365 e. The van der Waals surface area contributed by atoms with Gasteiger partial charge < -0.3 is 14.5 Å². The van der Waals surface area contributed by atoms with Gasteiger partial charge in [-0.3, -0.25) is 4.79 Å². The van der Waals surface area contributed by atoms with Crippen molar-refractivity contribution in [3.05, 3.63) is 59.3 Å². The Morgan fingerprint density at radius 3 is 2.61 bits per heavy atom. The highest BCUT2D eigenvalue weighted by Crippen LogP contribution is 2.29. The highest BCUT2D eigenvalue weighted by atomic mass is 19.4. The van der Waals surface area contributed by atoms with Gasteiger partial charge in [-0.2, -0.15) is 13.2 Å². The largest absolute Gasteiger partial charge is 0.417 e. The Balaban J connectivity index is 1.43.